The maximum absolute atomic E-state index is 13.2. The molecule has 0 bridgehead atoms. The van der Waals surface area contributed by atoms with Crippen molar-refractivity contribution in [2.24, 2.45) is 0 Å². The first-order chi connectivity index (χ1) is 8.70. The number of methoxy groups -OCH3 is 1. The summed E-state index contributed by atoms with van der Waals surface area (Å²) in [5.74, 6) is -0.0333. The van der Waals surface area contributed by atoms with Crippen LogP contribution in [-0.2, 0) is 0 Å². The van der Waals surface area contributed by atoms with Gasteiger partial charge in [0.05, 0.1) is 12.7 Å². The van der Waals surface area contributed by atoms with Crippen LogP contribution in [0.1, 0.15) is 42.5 Å². The van der Waals surface area contributed by atoms with Crippen molar-refractivity contribution in [1.82, 2.24) is 0 Å². The normalized spacial score (nSPS) is 15.1. The zero-order valence-corrected chi connectivity index (χ0v) is 10.5. The third-order valence-corrected chi connectivity index (χ3v) is 3.23. The van der Waals surface area contributed by atoms with Crippen LogP contribution in [0.2, 0.25) is 0 Å². The van der Waals surface area contributed by atoms with Gasteiger partial charge in [0.1, 0.15) is 11.6 Å². The predicted molar refractivity (Wildman–Crippen MR) is 68.5 cm³/mol. The number of halogens is 1. The van der Waals surface area contributed by atoms with Gasteiger partial charge in [-0.2, -0.15) is 0 Å². The third-order valence-electron chi connectivity index (χ3n) is 3.23. The average Bonchev–Trinajstić information content (AvgIpc) is 2.40. The van der Waals surface area contributed by atoms with Crippen molar-refractivity contribution >= 4 is 5.78 Å². The van der Waals surface area contributed by atoms with Crippen LogP contribution in [0, 0.1) is 5.82 Å². The summed E-state index contributed by atoms with van der Waals surface area (Å²) in [4.78, 5) is 12.2. The second-order valence-electron chi connectivity index (χ2n) is 4.55. The Bertz CT molecular complexity index is 477. The van der Waals surface area contributed by atoms with Crippen LogP contribution in [0.3, 0.4) is 0 Å². The molecule has 96 valence electrons. The molecule has 0 amide bonds. The molecular weight excluding hydrogens is 231 g/mol. The fourth-order valence-electron chi connectivity index (χ4n) is 2.26. The van der Waals surface area contributed by atoms with Crippen LogP contribution >= 0.6 is 0 Å². The molecule has 0 saturated carbocycles. The number of Topliss-reactive ketones (excluding diaryl/α,β-unsaturated/α-hetero) is 1. The van der Waals surface area contributed by atoms with Gasteiger partial charge in [0.15, 0.2) is 5.78 Å². The first-order valence-corrected chi connectivity index (χ1v) is 6.25. The molecule has 0 saturated heterocycles. The second-order valence-corrected chi connectivity index (χ2v) is 4.55. The van der Waals surface area contributed by atoms with Crippen LogP contribution in [0.25, 0.3) is 0 Å². The lowest BCUT2D eigenvalue weighted by Crippen LogP contribution is -2.05. The van der Waals surface area contributed by atoms with Gasteiger partial charge in [-0.15, -0.1) is 0 Å². The van der Waals surface area contributed by atoms with Gasteiger partial charge in [-0.1, -0.05) is 11.6 Å². The molecule has 1 aromatic rings. The highest BCUT2D eigenvalue weighted by Crippen LogP contribution is 2.26. The molecule has 0 fully saturated rings. The smallest absolute Gasteiger partial charge is 0.170 e. The van der Waals surface area contributed by atoms with E-state index in [4.69, 9.17) is 4.74 Å². The zero-order valence-electron chi connectivity index (χ0n) is 10.5. The number of hydrogen-bond donors (Lipinski definition) is 0. The molecule has 1 aromatic carbocycles. The Hall–Kier alpha value is -1.64. The first kappa shape index (κ1) is 12.8. The summed E-state index contributed by atoms with van der Waals surface area (Å²) < 4.78 is 18.3. The molecule has 3 heteroatoms. The fourth-order valence-corrected chi connectivity index (χ4v) is 2.26. The van der Waals surface area contributed by atoms with Gasteiger partial charge in [0.25, 0.3) is 0 Å². The lowest BCUT2D eigenvalue weighted by molar-refractivity contribution is 0.0988. The number of ketones is 1. The molecule has 0 N–H and O–H groups in total. The molecule has 2 nitrogen and oxygen atoms in total. The minimum absolute atomic E-state index is 0.0699. The maximum Gasteiger partial charge on any atom is 0.170 e. The van der Waals surface area contributed by atoms with Gasteiger partial charge < -0.3 is 4.74 Å². The van der Waals surface area contributed by atoms with Gasteiger partial charge in [-0.05, 0) is 43.9 Å². The molecule has 0 radical (unpaired) electrons. The first-order valence-electron chi connectivity index (χ1n) is 6.25. The van der Waals surface area contributed by atoms with Crippen molar-refractivity contribution in [1.29, 1.82) is 0 Å². The van der Waals surface area contributed by atoms with Crippen molar-refractivity contribution in [3.8, 4) is 5.75 Å². The summed E-state index contributed by atoms with van der Waals surface area (Å²) in [6.07, 6.45) is 6.86. The van der Waals surface area contributed by atoms with E-state index in [2.05, 4.69) is 6.08 Å². The summed E-state index contributed by atoms with van der Waals surface area (Å²) in [7, 11) is 1.49. The standard InChI is InChI=1S/C15H17FO2/c1-18-15-8-7-12(16)10-13(15)14(17)9-11-5-3-2-4-6-11/h5,7-8,10H,2-4,6,9H2,1H3. The number of allylic oxidation sites excluding steroid dienone is 2. The summed E-state index contributed by atoms with van der Waals surface area (Å²) in [6.45, 7) is 0. The number of ether oxygens (including phenoxy) is 1. The van der Waals surface area contributed by atoms with E-state index in [1.165, 1.54) is 31.7 Å². The van der Waals surface area contributed by atoms with Gasteiger partial charge >= 0.3 is 0 Å². The topological polar surface area (TPSA) is 26.3 Å². The predicted octanol–water partition coefficient (Wildman–Crippen LogP) is 3.91. The largest absolute Gasteiger partial charge is 0.496 e. The van der Waals surface area contributed by atoms with Gasteiger partial charge in [-0.25, -0.2) is 4.39 Å². The average molecular weight is 248 g/mol. The summed E-state index contributed by atoms with van der Waals surface area (Å²) in [5.41, 5.74) is 1.50. The van der Waals surface area contributed by atoms with Gasteiger partial charge in [0.2, 0.25) is 0 Å². The molecule has 0 heterocycles. The molecule has 0 spiro atoms. The van der Waals surface area contributed by atoms with E-state index in [-0.39, 0.29) is 5.78 Å². The number of carbonyl (C=O) groups excluding carboxylic acids is 1. The Balaban J connectivity index is 2.17. The fraction of sp³-hybridized carbons (Fsp3) is 0.400. The van der Waals surface area contributed by atoms with Crippen LogP contribution in [0.4, 0.5) is 4.39 Å². The van der Waals surface area contributed by atoms with Crippen LogP contribution in [0.5, 0.6) is 5.75 Å². The van der Waals surface area contributed by atoms with Crippen molar-refractivity contribution < 1.29 is 13.9 Å². The van der Waals surface area contributed by atoms with Crippen molar-refractivity contribution in [2.75, 3.05) is 7.11 Å². The van der Waals surface area contributed by atoms with E-state index in [1.807, 2.05) is 0 Å². The lowest BCUT2D eigenvalue weighted by Gasteiger charge is -2.13. The molecule has 0 atom stereocenters. The van der Waals surface area contributed by atoms with Crippen LogP contribution in [0.15, 0.2) is 29.8 Å². The SMILES string of the molecule is COc1ccc(F)cc1C(=O)CC1=CCCCC1. The molecule has 2 rings (SSSR count). The Morgan fingerprint density at radius 3 is 2.89 bits per heavy atom. The molecular formula is C15H17FO2. The second kappa shape index (κ2) is 5.80. The van der Waals surface area contributed by atoms with Crippen molar-refractivity contribution in [3.63, 3.8) is 0 Å². The monoisotopic (exact) mass is 248 g/mol. The Labute approximate surface area is 106 Å². The number of carbonyl (C=O) groups is 1. The number of benzene rings is 1. The van der Waals surface area contributed by atoms with Crippen molar-refractivity contribution in [2.45, 2.75) is 32.1 Å². The quantitative estimate of drug-likeness (QED) is 0.596. The van der Waals surface area contributed by atoms with E-state index in [0.29, 0.717) is 17.7 Å². The highest BCUT2D eigenvalue weighted by atomic mass is 19.1. The summed E-state index contributed by atoms with van der Waals surface area (Å²) >= 11 is 0. The zero-order chi connectivity index (χ0) is 13.0. The van der Waals surface area contributed by atoms with E-state index in [1.54, 1.807) is 0 Å². The van der Waals surface area contributed by atoms with Crippen LogP contribution in [-0.4, -0.2) is 12.9 Å². The number of hydrogen-bond acceptors (Lipinski definition) is 2. The third kappa shape index (κ3) is 2.97. The lowest BCUT2D eigenvalue weighted by atomic mass is 9.93. The summed E-state index contributed by atoms with van der Waals surface area (Å²) in [5, 5.41) is 0. The van der Waals surface area contributed by atoms with Crippen LogP contribution < -0.4 is 4.74 Å². The molecule has 1 aliphatic rings. The highest BCUT2D eigenvalue weighted by molar-refractivity contribution is 6.00. The number of rotatable bonds is 4. The maximum atomic E-state index is 13.2. The Morgan fingerprint density at radius 2 is 2.22 bits per heavy atom. The highest BCUT2D eigenvalue weighted by Gasteiger charge is 2.16. The molecule has 0 unspecified atom stereocenters. The molecule has 0 aliphatic heterocycles. The minimum Gasteiger partial charge on any atom is -0.496 e. The Kier molecular flexibility index (Phi) is 4.13. The summed E-state index contributed by atoms with van der Waals surface area (Å²) in [6, 6.07) is 4.05. The van der Waals surface area contributed by atoms with Gasteiger partial charge in [-0.3, -0.25) is 4.79 Å². The molecule has 18 heavy (non-hydrogen) atoms. The molecule has 1 aliphatic carbocycles. The molecule has 0 aromatic heterocycles. The van der Waals surface area contributed by atoms with E-state index in [0.717, 1.165) is 24.8 Å². The van der Waals surface area contributed by atoms with E-state index < -0.39 is 5.82 Å². The van der Waals surface area contributed by atoms with E-state index >= 15 is 0 Å². The Morgan fingerprint density at radius 1 is 1.39 bits per heavy atom. The minimum atomic E-state index is -0.406. The van der Waals surface area contributed by atoms with Gasteiger partial charge in [0, 0.05) is 6.42 Å². The van der Waals surface area contributed by atoms with E-state index in [9.17, 15) is 9.18 Å². The van der Waals surface area contributed by atoms with Crippen molar-refractivity contribution in [3.05, 3.63) is 41.2 Å².